The van der Waals surface area contributed by atoms with Crippen LogP contribution >= 0.6 is 0 Å². The van der Waals surface area contributed by atoms with Crippen molar-refractivity contribution in [1.29, 1.82) is 0 Å². The maximum Gasteiger partial charge on any atom is 0.0233 e. The Morgan fingerprint density at radius 2 is 1.95 bits per heavy atom. The SMILES string of the molecule is C=C(CN1CCC(CNCC)CC1)c1ccccc1. The second-order valence-corrected chi connectivity index (χ2v) is 5.50. The summed E-state index contributed by atoms with van der Waals surface area (Å²) in [5.74, 6) is 0.862. The zero-order chi connectivity index (χ0) is 13.5. The molecule has 1 aliphatic rings. The Kier molecular flexibility index (Phi) is 5.62. The average Bonchev–Trinajstić information content (AvgIpc) is 2.47. The predicted molar refractivity (Wildman–Crippen MR) is 83.2 cm³/mol. The van der Waals surface area contributed by atoms with E-state index >= 15 is 0 Å². The van der Waals surface area contributed by atoms with Gasteiger partial charge < -0.3 is 5.32 Å². The number of nitrogens with one attached hydrogen (secondary N) is 1. The van der Waals surface area contributed by atoms with Crippen LogP contribution < -0.4 is 5.32 Å². The maximum absolute atomic E-state index is 4.23. The first-order valence-corrected chi connectivity index (χ1v) is 7.46. The maximum atomic E-state index is 4.23. The molecule has 1 fully saturated rings. The van der Waals surface area contributed by atoms with E-state index in [2.05, 4.69) is 54.1 Å². The van der Waals surface area contributed by atoms with E-state index in [4.69, 9.17) is 0 Å². The van der Waals surface area contributed by atoms with Gasteiger partial charge in [0.1, 0.15) is 0 Å². The van der Waals surface area contributed by atoms with Gasteiger partial charge >= 0.3 is 0 Å². The quantitative estimate of drug-likeness (QED) is 0.844. The van der Waals surface area contributed by atoms with Gasteiger partial charge in [-0.3, -0.25) is 4.90 Å². The van der Waals surface area contributed by atoms with Crippen LogP contribution in [0, 0.1) is 5.92 Å². The van der Waals surface area contributed by atoms with Crippen LogP contribution in [0.3, 0.4) is 0 Å². The summed E-state index contributed by atoms with van der Waals surface area (Å²) in [6.07, 6.45) is 2.63. The van der Waals surface area contributed by atoms with Crippen LogP contribution in [0.2, 0.25) is 0 Å². The molecule has 19 heavy (non-hydrogen) atoms. The third-order valence-electron chi connectivity index (χ3n) is 3.99. The second-order valence-electron chi connectivity index (χ2n) is 5.50. The van der Waals surface area contributed by atoms with E-state index in [-0.39, 0.29) is 0 Å². The molecule has 0 spiro atoms. The molecule has 1 aromatic rings. The Bertz CT molecular complexity index is 378. The second kappa shape index (κ2) is 7.46. The van der Waals surface area contributed by atoms with Gasteiger partial charge in [-0.15, -0.1) is 0 Å². The molecule has 0 atom stereocenters. The first kappa shape index (κ1) is 14.3. The number of rotatable bonds is 6. The van der Waals surface area contributed by atoms with Gasteiger partial charge in [-0.25, -0.2) is 0 Å². The molecule has 0 amide bonds. The molecule has 1 heterocycles. The van der Waals surface area contributed by atoms with Gasteiger partial charge in [0, 0.05) is 6.54 Å². The summed E-state index contributed by atoms with van der Waals surface area (Å²) in [5, 5.41) is 3.46. The van der Waals surface area contributed by atoms with Crippen molar-refractivity contribution < 1.29 is 0 Å². The minimum absolute atomic E-state index is 0.862. The summed E-state index contributed by atoms with van der Waals surface area (Å²) in [4.78, 5) is 2.54. The molecule has 1 aromatic carbocycles. The number of piperidine rings is 1. The highest BCUT2D eigenvalue weighted by molar-refractivity contribution is 5.64. The molecule has 0 aromatic heterocycles. The van der Waals surface area contributed by atoms with E-state index in [1.165, 1.54) is 43.6 Å². The Morgan fingerprint density at radius 1 is 1.26 bits per heavy atom. The Morgan fingerprint density at radius 3 is 2.58 bits per heavy atom. The average molecular weight is 258 g/mol. The Labute approximate surface area is 117 Å². The summed E-state index contributed by atoms with van der Waals surface area (Å²) in [7, 11) is 0. The van der Waals surface area contributed by atoms with Crippen molar-refractivity contribution in [3.63, 3.8) is 0 Å². The van der Waals surface area contributed by atoms with Gasteiger partial charge in [0.2, 0.25) is 0 Å². The summed E-state index contributed by atoms with van der Waals surface area (Å²) in [5.41, 5.74) is 2.52. The summed E-state index contributed by atoms with van der Waals surface area (Å²) in [6, 6.07) is 10.5. The van der Waals surface area contributed by atoms with E-state index in [9.17, 15) is 0 Å². The van der Waals surface area contributed by atoms with Gasteiger partial charge in [0.05, 0.1) is 0 Å². The van der Waals surface area contributed by atoms with Crippen LogP contribution in [0.4, 0.5) is 0 Å². The number of nitrogens with zero attached hydrogens (tertiary/aromatic N) is 1. The summed E-state index contributed by atoms with van der Waals surface area (Å²) >= 11 is 0. The minimum atomic E-state index is 0.862. The monoisotopic (exact) mass is 258 g/mol. The lowest BCUT2D eigenvalue weighted by atomic mass is 9.96. The number of hydrogen-bond donors (Lipinski definition) is 1. The first-order valence-electron chi connectivity index (χ1n) is 7.46. The molecule has 0 saturated carbocycles. The molecule has 1 N–H and O–H groups in total. The lowest BCUT2D eigenvalue weighted by Gasteiger charge is -2.32. The fourth-order valence-corrected chi connectivity index (χ4v) is 2.73. The van der Waals surface area contributed by atoms with E-state index in [0.29, 0.717) is 0 Å². The van der Waals surface area contributed by atoms with E-state index in [1.54, 1.807) is 0 Å². The van der Waals surface area contributed by atoms with E-state index < -0.39 is 0 Å². The molecule has 2 heteroatoms. The van der Waals surface area contributed by atoms with Gasteiger partial charge in [0.25, 0.3) is 0 Å². The molecule has 104 valence electrons. The molecule has 1 saturated heterocycles. The topological polar surface area (TPSA) is 15.3 Å². The van der Waals surface area contributed by atoms with Crippen molar-refractivity contribution in [1.82, 2.24) is 10.2 Å². The van der Waals surface area contributed by atoms with E-state index in [1.807, 2.05) is 0 Å². The van der Waals surface area contributed by atoms with Gasteiger partial charge in [-0.2, -0.15) is 0 Å². The molecular weight excluding hydrogens is 232 g/mol. The zero-order valence-electron chi connectivity index (χ0n) is 12.1. The molecule has 2 nitrogen and oxygen atoms in total. The molecular formula is C17H26N2. The van der Waals surface area contributed by atoms with Crippen molar-refractivity contribution in [2.45, 2.75) is 19.8 Å². The number of benzene rings is 1. The first-order chi connectivity index (χ1) is 9.29. The lowest BCUT2D eigenvalue weighted by molar-refractivity contribution is 0.201. The third kappa shape index (κ3) is 4.48. The molecule has 0 radical (unpaired) electrons. The van der Waals surface area contributed by atoms with Crippen molar-refractivity contribution in [3.05, 3.63) is 42.5 Å². The van der Waals surface area contributed by atoms with Crippen LogP contribution in [0.1, 0.15) is 25.3 Å². The number of likely N-dealkylation sites (tertiary alicyclic amines) is 1. The highest BCUT2D eigenvalue weighted by Crippen LogP contribution is 2.20. The highest BCUT2D eigenvalue weighted by Gasteiger charge is 2.19. The molecule has 2 rings (SSSR count). The van der Waals surface area contributed by atoms with Crippen LogP contribution in [0.25, 0.3) is 5.57 Å². The zero-order valence-corrected chi connectivity index (χ0v) is 12.1. The van der Waals surface area contributed by atoms with Crippen molar-refractivity contribution in [2.24, 2.45) is 5.92 Å². The molecule has 1 aliphatic heterocycles. The Hall–Kier alpha value is -1.12. The van der Waals surface area contributed by atoms with E-state index in [0.717, 1.165) is 19.0 Å². The van der Waals surface area contributed by atoms with Gasteiger partial charge in [-0.05, 0) is 56.1 Å². The smallest absolute Gasteiger partial charge is 0.0233 e. The third-order valence-corrected chi connectivity index (χ3v) is 3.99. The lowest BCUT2D eigenvalue weighted by Crippen LogP contribution is -2.37. The van der Waals surface area contributed by atoms with Crippen LogP contribution in [-0.2, 0) is 0 Å². The normalized spacial score (nSPS) is 17.5. The highest BCUT2D eigenvalue weighted by atomic mass is 15.1. The minimum Gasteiger partial charge on any atom is -0.317 e. The van der Waals surface area contributed by atoms with Crippen LogP contribution in [0.15, 0.2) is 36.9 Å². The predicted octanol–water partition coefficient (Wildman–Crippen LogP) is 3.02. The summed E-state index contributed by atoms with van der Waals surface area (Å²) in [6.45, 7) is 12.1. The fourth-order valence-electron chi connectivity index (χ4n) is 2.73. The van der Waals surface area contributed by atoms with Gasteiger partial charge in [0.15, 0.2) is 0 Å². The molecule has 0 unspecified atom stereocenters. The van der Waals surface area contributed by atoms with Crippen LogP contribution in [-0.4, -0.2) is 37.6 Å². The fraction of sp³-hybridized carbons (Fsp3) is 0.529. The Balaban J connectivity index is 1.75. The van der Waals surface area contributed by atoms with Crippen molar-refractivity contribution in [2.75, 3.05) is 32.7 Å². The van der Waals surface area contributed by atoms with Crippen LogP contribution in [0.5, 0.6) is 0 Å². The summed E-state index contributed by atoms with van der Waals surface area (Å²) < 4.78 is 0. The number of hydrogen-bond acceptors (Lipinski definition) is 2. The largest absolute Gasteiger partial charge is 0.317 e. The van der Waals surface area contributed by atoms with Crippen molar-refractivity contribution in [3.8, 4) is 0 Å². The van der Waals surface area contributed by atoms with Crippen molar-refractivity contribution >= 4 is 5.57 Å². The standard InChI is InChI=1S/C17H26N2/c1-3-18-13-16-9-11-19(12-10-16)14-15(2)17-7-5-4-6-8-17/h4-8,16,18H,2-3,9-14H2,1H3. The van der Waals surface area contributed by atoms with Gasteiger partial charge in [-0.1, -0.05) is 43.8 Å². The molecule has 0 bridgehead atoms. The molecule has 0 aliphatic carbocycles.